The Morgan fingerprint density at radius 2 is 1.90 bits per heavy atom. The van der Waals surface area contributed by atoms with Crippen LogP contribution in [-0.2, 0) is 0 Å². The van der Waals surface area contributed by atoms with E-state index in [9.17, 15) is 13.2 Å². The van der Waals surface area contributed by atoms with E-state index < -0.39 is 5.51 Å². The summed E-state index contributed by atoms with van der Waals surface area (Å²) >= 11 is 4.84. The lowest BCUT2D eigenvalue weighted by Crippen LogP contribution is -2.07. The molecule has 7 heteroatoms. The summed E-state index contributed by atoms with van der Waals surface area (Å²) in [7, 11) is 0. The maximum atomic E-state index is 12.5. The third-order valence-corrected chi connectivity index (χ3v) is 5.12. The first-order valence-electron chi connectivity index (χ1n) is 5.72. The van der Waals surface area contributed by atoms with Gasteiger partial charge in [0.2, 0.25) is 0 Å². The van der Waals surface area contributed by atoms with Crippen LogP contribution in [0.1, 0.15) is 17.8 Å². The van der Waals surface area contributed by atoms with Gasteiger partial charge in [-0.3, -0.25) is 0 Å². The number of para-hydroxylation sites is 1. The van der Waals surface area contributed by atoms with Crippen LogP contribution in [0.2, 0.25) is 0 Å². The van der Waals surface area contributed by atoms with Crippen molar-refractivity contribution in [1.29, 1.82) is 0 Å². The Labute approximate surface area is 131 Å². The molecular formula is C13H11BrF3NS2. The number of nitrogens with one attached hydrogen (secondary N) is 1. The number of thioether (sulfide) groups is 1. The molecule has 0 spiro atoms. The minimum absolute atomic E-state index is 0.0544. The second kappa shape index (κ2) is 6.41. The summed E-state index contributed by atoms with van der Waals surface area (Å²) in [4.78, 5) is 1.24. The number of benzene rings is 1. The van der Waals surface area contributed by atoms with Gasteiger partial charge in [0.05, 0.1) is 9.83 Å². The lowest BCUT2D eigenvalue weighted by molar-refractivity contribution is -0.0327. The van der Waals surface area contributed by atoms with Crippen LogP contribution in [0.4, 0.5) is 18.9 Å². The van der Waals surface area contributed by atoms with Crippen LogP contribution in [0.5, 0.6) is 0 Å². The molecular weight excluding hydrogens is 371 g/mol. The number of halogens is 4. The molecule has 1 aromatic carbocycles. The third-order valence-electron chi connectivity index (χ3n) is 2.51. The van der Waals surface area contributed by atoms with Crippen LogP contribution in [0, 0.1) is 0 Å². The zero-order chi connectivity index (χ0) is 14.8. The maximum absolute atomic E-state index is 12.5. The molecule has 0 aliphatic heterocycles. The Kier molecular flexibility index (Phi) is 5.04. The van der Waals surface area contributed by atoms with Crippen LogP contribution in [-0.4, -0.2) is 5.51 Å². The van der Waals surface area contributed by atoms with Crippen molar-refractivity contribution < 1.29 is 13.2 Å². The number of rotatable bonds is 4. The highest BCUT2D eigenvalue weighted by atomic mass is 79.9. The van der Waals surface area contributed by atoms with Gasteiger partial charge in [0.1, 0.15) is 0 Å². The number of hydrogen-bond acceptors (Lipinski definition) is 3. The van der Waals surface area contributed by atoms with Crippen molar-refractivity contribution in [3.05, 3.63) is 45.1 Å². The zero-order valence-corrected chi connectivity index (χ0v) is 13.6. The predicted octanol–water partition coefficient (Wildman–Crippen LogP) is 6.30. The molecule has 1 unspecified atom stereocenters. The summed E-state index contributed by atoms with van der Waals surface area (Å²) < 4.78 is 38.5. The van der Waals surface area contributed by atoms with E-state index in [0.29, 0.717) is 5.69 Å². The molecule has 1 nitrogen and oxygen atoms in total. The van der Waals surface area contributed by atoms with Crippen molar-refractivity contribution in [1.82, 2.24) is 0 Å². The summed E-state index contributed by atoms with van der Waals surface area (Å²) in [5, 5.41) is 3.13. The molecule has 1 aromatic heterocycles. The molecule has 0 bridgehead atoms. The Hall–Kier alpha value is -0.660. The van der Waals surface area contributed by atoms with Gasteiger partial charge in [-0.05, 0) is 58.9 Å². The second-order valence-electron chi connectivity index (χ2n) is 4.05. The number of hydrogen-bond donors (Lipinski definition) is 1. The smallest absolute Gasteiger partial charge is 0.377 e. The molecule has 1 heterocycles. The highest BCUT2D eigenvalue weighted by Crippen LogP contribution is 2.41. The van der Waals surface area contributed by atoms with E-state index in [4.69, 9.17) is 0 Å². The third kappa shape index (κ3) is 4.43. The van der Waals surface area contributed by atoms with Gasteiger partial charge in [0, 0.05) is 15.5 Å². The van der Waals surface area contributed by atoms with Gasteiger partial charge in [0.15, 0.2) is 0 Å². The van der Waals surface area contributed by atoms with E-state index >= 15 is 0 Å². The lowest BCUT2D eigenvalue weighted by Gasteiger charge is -2.17. The minimum atomic E-state index is -4.28. The lowest BCUT2D eigenvalue weighted by atomic mass is 10.2. The molecule has 2 aromatic rings. The Bertz CT molecular complexity index is 583. The van der Waals surface area contributed by atoms with Crippen LogP contribution >= 0.6 is 39.0 Å². The van der Waals surface area contributed by atoms with Gasteiger partial charge >= 0.3 is 5.51 Å². The van der Waals surface area contributed by atoms with E-state index in [1.807, 2.05) is 19.1 Å². The van der Waals surface area contributed by atoms with Crippen LogP contribution in [0.25, 0.3) is 0 Å². The van der Waals surface area contributed by atoms with Crippen molar-refractivity contribution in [2.24, 2.45) is 0 Å². The standard InChI is InChI=1S/C13H11BrF3NS2/c1-8(10-6-7-12(14)19-10)18-9-4-2-3-5-11(9)20-13(15,16)17/h2-8,18H,1H3. The average molecular weight is 382 g/mol. The van der Waals surface area contributed by atoms with Gasteiger partial charge in [-0.15, -0.1) is 11.3 Å². The van der Waals surface area contributed by atoms with Crippen molar-refractivity contribution in [3.63, 3.8) is 0 Å². The van der Waals surface area contributed by atoms with Gasteiger partial charge < -0.3 is 5.32 Å². The van der Waals surface area contributed by atoms with E-state index in [0.717, 1.165) is 8.66 Å². The normalized spacial score (nSPS) is 13.2. The molecule has 1 atom stereocenters. The van der Waals surface area contributed by atoms with Gasteiger partial charge in [0.25, 0.3) is 0 Å². The molecule has 1 N–H and O–H groups in total. The molecule has 0 saturated carbocycles. The highest BCUT2D eigenvalue weighted by molar-refractivity contribution is 9.11. The fourth-order valence-corrected chi connectivity index (χ4v) is 3.72. The van der Waals surface area contributed by atoms with Gasteiger partial charge in [-0.2, -0.15) is 13.2 Å². The van der Waals surface area contributed by atoms with E-state index in [2.05, 4.69) is 21.2 Å². The van der Waals surface area contributed by atoms with Crippen molar-refractivity contribution >= 4 is 44.7 Å². The van der Waals surface area contributed by atoms with Gasteiger partial charge in [-0.1, -0.05) is 12.1 Å². The highest BCUT2D eigenvalue weighted by Gasteiger charge is 2.30. The second-order valence-corrected chi connectivity index (χ2v) is 7.65. The molecule has 0 fully saturated rings. The predicted molar refractivity (Wildman–Crippen MR) is 82.4 cm³/mol. The Balaban J connectivity index is 2.17. The topological polar surface area (TPSA) is 12.0 Å². The molecule has 0 aliphatic rings. The molecule has 0 amide bonds. The first-order chi connectivity index (χ1) is 9.35. The molecule has 108 valence electrons. The number of alkyl halides is 3. The van der Waals surface area contributed by atoms with Crippen LogP contribution < -0.4 is 5.32 Å². The fraction of sp³-hybridized carbons (Fsp3) is 0.231. The largest absolute Gasteiger partial charge is 0.446 e. The summed E-state index contributed by atoms with van der Waals surface area (Å²) in [5.74, 6) is 0. The van der Waals surface area contributed by atoms with Crippen molar-refractivity contribution in [2.75, 3.05) is 5.32 Å². The van der Waals surface area contributed by atoms with Gasteiger partial charge in [-0.25, -0.2) is 0 Å². The van der Waals surface area contributed by atoms with E-state index in [1.165, 1.54) is 6.07 Å². The first-order valence-corrected chi connectivity index (χ1v) is 8.14. The summed E-state index contributed by atoms with van der Waals surface area (Å²) in [5.41, 5.74) is -3.79. The first kappa shape index (κ1) is 15.7. The van der Waals surface area contributed by atoms with Crippen molar-refractivity contribution in [2.45, 2.75) is 23.4 Å². The van der Waals surface area contributed by atoms with Crippen LogP contribution in [0.3, 0.4) is 0 Å². The zero-order valence-electron chi connectivity index (χ0n) is 10.4. The van der Waals surface area contributed by atoms with Crippen LogP contribution in [0.15, 0.2) is 45.1 Å². The van der Waals surface area contributed by atoms with E-state index in [-0.39, 0.29) is 22.7 Å². The quantitative estimate of drug-likeness (QED) is 0.623. The number of thiophene rings is 1. The molecule has 0 aliphatic carbocycles. The summed E-state index contributed by atoms with van der Waals surface area (Å²) in [6.45, 7) is 1.92. The SMILES string of the molecule is CC(Nc1ccccc1SC(F)(F)F)c1ccc(Br)s1. The fourth-order valence-electron chi connectivity index (χ4n) is 1.66. The molecule has 2 rings (SSSR count). The Morgan fingerprint density at radius 3 is 2.50 bits per heavy atom. The summed E-state index contributed by atoms with van der Waals surface area (Å²) in [6.07, 6.45) is 0. The molecule has 0 radical (unpaired) electrons. The maximum Gasteiger partial charge on any atom is 0.446 e. The Morgan fingerprint density at radius 1 is 1.20 bits per heavy atom. The number of anilines is 1. The molecule has 0 saturated heterocycles. The van der Waals surface area contributed by atoms with E-state index in [1.54, 1.807) is 29.5 Å². The van der Waals surface area contributed by atoms with Crippen molar-refractivity contribution in [3.8, 4) is 0 Å². The molecule has 20 heavy (non-hydrogen) atoms. The average Bonchev–Trinajstić information content (AvgIpc) is 2.77. The minimum Gasteiger partial charge on any atom is -0.377 e. The monoisotopic (exact) mass is 381 g/mol. The summed E-state index contributed by atoms with van der Waals surface area (Å²) in [6, 6.07) is 10.3.